The summed E-state index contributed by atoms with van der Waals surface area (Å²) in [4.78, 5) is 0. The summed E-state index contributed by atoms with van der Waals surface area (Å²) in [5, 5.41) is 0. The highest BCUT2D eigenvalue weighted by molar-refractivity contribution is 5.38. The van der Waals surface area contributed by atoms with Crippen LogP contribution in [0.15, 0.2) is 36.4 Å². The lowest BCUT2D eigenvalue weighted by molar-refractivity contribution is 0.857. The summed E-state index contributed by atoms with van der Waals surface area (Å²) in [6.07, 6.45) is 1.03. The Kier molecular flexibility index (Phi) is 4.88. The molecule has 0 spiro atoms. The van der Waals surface area contributed by atoms with Gasteiger partial charge in [0.1, 0.15) is 0 Å². The molecule has 0 aromatic heterocycles. The average Bonchev–Trinajstić information content (AvgIpc) is 2.37. The maximum absolute atomic E-state index is 2.37. The highest BCUT2D eigenvalue weighted by Gasteiger charge is 2.06. The van der Waals surface area contributed by atoms with E-state index < -0.39 is 0 Å². The standard InChI is InChI=1S/C21H28/c1-14(2)20-9-16(5)7-18(12-20)11-19-8-17(6)10-21(13-19)15(3)4/h7-10,12-15H,11H2,1-6H3. The first-order valence-electron chi connectivity index (χ1n) is 8.06. The molecule has 21 heavy (non-hydrogen) atoms. The van der Waals surface area contributed by atoms with Gasteiger partial charge in [-0.3, -0.25) is 0 Å². The predicted octanol–water partition coefficient (Wildman–Crippen LogP) is 6.14. The minimum atomic E-state index is 0.590. The van der Waals surface area contributed by atoms with E-state index in [1.54, 1.807) is 0 Å². The second-order valence-corrected chi connectivity index (χ2v) is 6.99. The summed E-state index contributed by atoms with van der Waals surface area (Å²) < 4.78 is 0. The van der Waals surface area contributed by atoms with Crippen molar-refractivity contribution in [2.45, 2.75) is 59.8 Å². The lowest BCUT2D eigenvalue weighted by Gasteiger charge is -2.13. The summed E-state index contributed by atoms with van der Waals surface area (Å²) in [6.45, 7) is 13.5. The first-order chi connectivity index (χ1) is 9.85. The molecule has 2 aromatic carbocycles. The number of hydrogen-bond acceptors (Lipinski definition) is 0. The molecule has 0 nitrogen and oxygen atoms in total. The Morgan fingerprint density at radius 2 is 1.00 bits per heavy atom. The molecule has 0 aliphatic heterocycles. The van der Waals surface area contributed by atoms with Gasteiger partial charge in [-0.25, -0.2) is 0 Å². The van der Waals surface area contributed by atoms with Crippen LogP contribution in [0.1, 0.15) is 72.9 Å². The molecule has 0 atom stereocenters. The summed E-state index contributed by atoms with van der Waals surface area (Å²) >= 11 is 0. The van der Waals surface area contributed by atoms with Gasteiger partial charge in [-0.1, -0.05) is 75.2 Å². The van der Waals surface area contributed by atoms with Gasteiger partial charge in [0.25, 0.3) is 0 Å². The number of aryl methyl sites for hydroxylation is 2. The van der Waals surface area contributed by atoms with E-state index in [0.29, 0.717) is 11.8 Å². The van der Waals surface area contributed by atoms with Crippen molar-refractivity contribution in [2.24, 2.45) is 0 Å². The van der Waals surface area contributed by atoms with Gasteiger partial charge in [-0.2, -0.15) is 0 Å². The minimum absolute atomic E-state index is 0.590. The number of rotatable bonds is 4. The van der Waals surface area contributed by atoms with Crippen molar-refractivity contribution < 1.29 is 0 Å². The third kappa shape index (κ3) is 4.20. The molecule has 0 N–H and O–H groups in total. The summed E-state index contributed by atoms with van der Waals surface area (Å²) in [5.74, 6) is 1.18. The number of hydrogen-bond donors (Lipinski definition) is 0. The van der Waals surface area contributed by atoms with Crippen LogP contribution in [0.3, 0.4) is 0 Å². The van der Waals surface area contributed by atoms with Crippen LogP contribution >= 0.6 is 0 Å². The van der Waals surface area contributed by atoms with Crippen LogP contribution in [0.25, 0.3) is 0 Å². The van der Waals surface area contributed by atoms with Gasteiger partial charge in [0.15, 0.2) is 0 Å². The van der Waals surface area contributed by atoms with Crippen molar-refractivity contribution in [3.05, 3.63) is 69.8 Å². The predicted molar refractivity (Wildman–Crippen MR) is 93.3 cm³/mol. The third-order valence-corrected chi connectivity index (χ3v) is 4.06. The van der Waals surface area contributed by atoms with Gasteiger partial charge in [0.05, 0.1) is 0 Å². The SMILES string of the molecule is Cc1cc(Cc2cc(C)cc(C(C)C)c2)cc(C(C)C)c1. The first-order valence-corrected chi connectivity index (χ1v) is 8.06. The zero-order chi connectivity index (χ0) is 15.6. The van der Waals surface area contributed by atoms with Crippen molar-refractivity contribution in [2.75, 3.05) is 0 Å². The van der Waals surface area contributed by atoms with Crippen LogP contribution in [0, 0.1) is 13.8 Å². The molecule has 0 heterocycles. The van der Waals surface area contributed by atoms with Crippen LogP contribution in [-0.4, -0.2) is 0 Å². The van der Waals surface area contributed by atoms with Crippen molar-refractivity contribution >= 4 is 0 Å². The van der Waals surface area contributed by atoms with Crippen LogP contribution in [-0.2, 0) is 6.42 Å². The molecule has 0 unspecified atom stereocenters. The molecule has 0 amide bonds. The Hall–Kier alpha value is -1.56. The van der Waals surface area contributed by atoms with E-state index in [2.05, 4.69) is 77.9 Å². The van der Waals surface area contributed by atoms with E-state index in [1.807, 2.05) is 0 Å². The lowest BCUT2D eigenvalue weighted by Crippen LogP contribution is -1.97. The molecule has 0 radical (unpaired) electrons. The van der Waals surface area contributed by atoms with Gasteiger partial charge in [0.2, 0.25) is 0 Å². The largest absolute Gasteiger partial charge is 0.0587 e. The van der Waals surface area contributed by atoms with E-state index in [9.17, 15) is 0 Å². The average molecular weight is 280 g/mol. The fraction of sp³-hybridized carbons (Fsp3) is 0.429. The highest BCUT2D eigenvalue weighted by Crippen LogP contribution is 2.23. The van der Waals surface area contributed by atoms with Crippen LogP contribution in [0.5, 0.6) is 0 Å². The van der Waals surface area contributed by atoms with Crippen LogP contribution < -0.4 is 0 Å². The Morgan fingerprint density at radius 3 is 1.33 bits per heavy atom. The molecular weight excluding hydrogens is 252 g/mol. The van der Waals surface area contributed by atoms with Crippen LogP contribution in [0.2, 0.25) is 0 Å². The maximum atomic E-state index is 2.37. The lowest BCUT2D eigenvalue weighted by atomic mass is 9.92. The molecule has 0 heteroatoms. The Bertz CT molecular complexity index is 562. The van der Waals surface area contributed by atoms with E-state index in [4.69, 9.17) is 0 Å². The van der Waals surface area contributed by atoms with E-state index in [0.717, 1.165) is 6.42 Å². The normalized spacial score (nSPS) is 11.4. The fourth-order valence-corrected chi connectivity index (χ4v) is 2.90. The highest BCUT2D eigenvalue weighted by atomic mass is 14.1. The fourth-order valence-electron chi connectivity index (χ4n) is 2.90. The molecule has 0 fully saturated rings. The van der Waals surface area contributed by atoms with Crippen LogP contribution in [0.4, 0.5) is 0 Å². The second kappa shape index (κ2) is 6.47. The Morgan fingerprint density at radius 1 is 0.619 bits per heavy atom. The van der Waals surface area contributed by atoms with Crippen molar-refractivity contribution in [1.82, 2.24) is 0 Å². The maximum Gasteiger partial charge on any atom is -0.00254 e. The zero-order valence-electron chi connectivity index (χ0n) is 14.3. The summed E-state index contributed by atoms with van der Waals surface area (Å²) in [5.41, 5.74) is 8.49. The number of benzene rings is 2. The second-order valence-electron chi connectivity index (χ2n) is 6.99. The molecule has 0 bridgehead atoms. The molecule has 0 aliphatic carbocycles. The van der Waals surface area contributed by atoms with Gasteiger partial charge in [0, 0.05) is 0 Å². The molecule has 0 saturated carbocycles. The molecule has 0 aliphatic rings. The monoisotopic (exact) mass is 280 g/mol. The molecule has 0 saturated heterocycles. The molecule has 2 aromatic rings. The Labute approximate surface area is 130 Å². The van der Waals surface area contributed by atoms with E-state index in [1.165, 1.54) is 33.4 Å². The van der Waals surface area contributed by atoms with Gasteiger partial charge >= 0.3 is 0 Å². The van der Waals surface area contributed by atoms with Crippen molar-refractivity contribution in [3.8, 4) is 0 Å². The first kappa shape index (κ1) is 15.8. The quantitative estimate of drug-likeness (QED) is 0.631. The van der Waals surface area contributed by atoms with Gasteiger partial charge in [-0.05, 0) is 54.4 Å². The smallest absolute Gasteiger partial charge is 0.00254 e. The van der Waals surface area contributed by atoms with Gasteiger partial charge < -0.3 is 0 Å². The third-order valence-electron chi connectivity index (χ3n) is 4.06. The van der Waals surface area contributed by atoms with Gasteiger partial charge in [-0.15, -0.1) is 0 Å². The molecular formula is C21H28. The minimum Gasteiger partial charge on any atom is -0.0587 e. The van der Waals surface area contributed by atoms with E-state index >= 15 is 0 Å². The topological polar surface area (TPSA) is 0 Å². The molecule has 112 valence electrons. The zero-order valence-corrected chi connectivity index (χ0v) is 14.3. The van der Waals surface area contributed by atoms with E-state index in [-0.39, 0.29) is 0 Å². The summed E-state index contributed by atoms with van der Waals surface area (Å²) in [6, 6.07) is 14.0. The van der Waals surface area contributed by atoms with Crippen molar-refractivity contribution in [3.63, 3.8) is 0 Å². The van der Waals surface area contributed by atoms with Crippen molar-refractivity contribution in [1.29, 1.82) is 0 Å². The Balaban J connectivity index is 2.34. The summed E-state index contributed by atoms with van der Waals surface area (Å²) in [7, 11) is 0. The molecule has 2 rings (SSSR count).